The van der Waals surface area contributed by atoms with E-state index in [0.29, 0.717) is 13.2 Å². The summed E-state index contributed by atoms with van der Waals surface area (Å²) in [6.45, 7) is 4.30. The highest BCUT2D eigenvalue weighted by atomic mass is 16.6. The fraction of sp³-hybridized carbons (Fsp3) is 0.818. The summed E-state index contributed by atoms with van der Waals surface area (Å²) in [4.78, 5) is 26.0. The number of aliphatic hydroxyl groups excluding tert-OH is 1. The number of rotatable bonds is 1. The maximum Gasteiger partial charge on any atom is 0.410 e. The molecule has 2 aliphatic heterocycles. The molecule has 0 spiro atoms. The van der Waals surface area contributed by atoms with Gasteiger partial charge < -0.3 is 19.6 Å². The molecule has 2 aliphatic rings. The fourth-order valence-corrected chi connectivity index (χ4v) is 2.23. The predicted octanol–water partition coefficient (Wildman–Crippen LogP) is 0.0580. The molecule has 0 aromatic carbocycles. The van der Waals surface area contributed by atoms with Gasteiger partial charge in [-0.15, -0.1) is 0 Å². The van der Waals surface area contributed by atoms with Gasteiger partial charge in [0.1, 0.15) is 6.61 Å². The lowest BCUT2D eigenvalue weighted by atomic mass is 10.0. The largest absolute Gasteiger partial charge is 0.448 e. The van der Waals surface area contributed by atoms with Gasteiger partial charge in [0.2, 0.25) is 5.91 Å². The maximum atomic E-state index is 11.3. The molecule has 0 unspecified atom stereocenters. The molecule has 2 saturated heterocycles. The molecular formula is C11H20N2O4. The number of carbonyl (C=O) groups is 2. The monoisotopic (exact) mass is 244 g/mol. The van der Waals surface area contributed by atoms with E-state index in [1.165, 1.54) is 0 Å². The third-order valence-corrected chi connectivity index (χ3v) is 3.14. The van der Waals surface area contributed by atoms with E-state index in [-0.39, 0.29) is 18.0 Å². The van der Waals surface area contributed by atoms with Crippen LogP contribution in [0.25, 0.3) is 0 Å². The number of hydrogen-bond donors (Lipinski definition) is 1. The van der Waals surface area contributed by atoms with E-state index in [4.69, 9.17) is 9.84 Å². The number of hydrogen-bond acceptors (Lipinski definition) is 4. The van der Waals surface area contributed by atoms with Crippen LogP contribution in [0.1, 0.15) is 19.8 Å². The van der Waals surface area contributed by atoms with Gasteiger partial charge in [0, 0.05) is 33.2 Å². The summed E-state index contributed by atoms with van der Waals surface area (Å²) in [6.07, 6.45) is 1.54. The van der Waals surface area contributed by atoms with Gasteiger partial charge in [-0.3, -0.25) is 4.79 Å². The smallest absolute Gasteiger partial charge is 0.410 e. The molecule has 2 heterocycles. The Bertz CT molecular complexity index is 275. The first-order valence-electron chi connectivity index (χ1n) is 5.82. The van der Waals surface area contributed by atoms with E-state index in [1.807, 2.05) is 4.90 Å². The van der Waals surface area contributed by atoms with Crippen LogP contribution >= 0.6 is 0 Å². The van der Waals surface area contributed by atoms with Gasteiger partial charge in [-0.2, -0.15) is 0 Å². The minimum absolute atomic E-state index is 0.123. The predicted molar refractivity (Wildman–Crippen MR) is 61.5 cm³/mol. The van der Waals surface area contributed by atoms with Crippen molar-refractivity contribution in [2.45, 2.75) is 25.8 Å². The van der Waals surface area contributed by atoms with E-state index < -0.39 is 0 Å². The second-order valence-corrected chi connectivity index (χ2v) is 4.05. The summed E-state index contributed by atoms with van der Waals surface area (Å²) >= 11 is 0. The van der Waals surface area contributed by atoms with Gasteiger partial charge in [0.15, 0.2) is 0 Å². The molecule has 6 nitrogen and oxygen atoms in total. The Morgan fingerprint density at radius 1 is 1.29 bits per heavy atom. The van der Waals surface area contributed by atoms with Crippen molar-refractivity contribution >= 4 is 12.0 Å². The molecule has 2 fully saturated rings. The molecule has 0 saturated carbocycles. The van der Waals surface area contributed by atoms with Crippen LogP contribution < -0.4 is 0 Å². The Kier molecular flexibility index (Phi) is 5.21. The summed E-state index contributed by atoms with van der Waals surface area (Å²) in [5, 5.41) is 7.00. The topological polar surface area (TPSA) is 70.1 Å². The van der Waals surface area contributed by atoms with Crippen LogP contribution in [0.3, 0.4) is 0 Å². The quantitative estimate of drug-likeness (QED) is 0.708. The van der Waals surface area contributed by atoms with Crippen molar-refractivity contribution < 1.29 is 19.4 Å². The van der Waals surface area contributed by atoms with Crippen molar-refractivity contribution in [3.05, 3.63) is 0 Å². The molecule has 0 bridgehead atoms. The average molecular weight is 244 g/mol. The van der Waals surface area contributed by atoms with Gasteiger partial charge in [-0.25, -0.2) is 4.79 Å². The summed E-state index contributed by atoms with van der Waals surface area (Å²) in [7, 11) is 1.00. The minimum Gasteiger partial charge on any atom is -0.448 e. The van der Waals surface area contributed by atoms with E-state index in [0.717, 1.165) is 33.0 Å². The minimum atomic E-state index is -0.198. The highest BCUT2D eigenvalue weighted by Gasteiger charge is 2.32. The molecule has 0 aromatic heterocycles. The van der Waals surface area contributed by atoms with Crippen molar-refractivity contribution in [2.75, 3.05) is 33.4 Å². The highest BCUT2D eigenvalue weighted by molar-refractivity contribution is 5.73. The zero-order valence-corrected chi connectivity index (χ0v) is 10.4. The molecule has 2 rings (SSSR count). The number of amides is 2. The Hall–Kier alpha value is -1.30. The summed E-state index contributed by atoms with van der Waals surface area (Å²) < 4.78 is 4.90. The van der Waals surface area contributed by atoms with Gasteiger partial charge in [-0.1, -0.05) is 0 Å². The Morgan fingerprint density at radius 3 is 2.29 bits per heavy atom. The van der Waals surface area contributed by atoms with E-state index in [1.54, 1.807) is 11.8 Å². The Morgan fingerprint density at radius 2 is 1.88 bits per heavy atom. The van der Waals surface area contributed by atoms with Crippen molar-refractivity contribution in [2.24, 2.45) is 0 Å². The third-order valence-electron chi connectivity index (χ3n) is 3.14. The van der Waals surface area contributed by atoms with Gasteiger partial charge in [0.25, 0.3) is 0 Å². The third kappa shape index (κ3) is 3.33. The first-order valence-corrected chi connectivity index (χ1v) is 5.82. The number of ether oxygens (including phenoxy) is 1. The number of aliphatic hydroxyl groups is 1. The standard InChI is InChI=1S/C10H16N2O3.CH4O/c1-8(13)11-4-2-9(3-5-11)12-6-7-15-10(12)14;1-2/h9H,2-7H2,1H3;2H,1H3. The number of cyclic esters (lactones) is 1. The summed E-state index contributed by atoms with van der Waals surface area (Å²) in [6, 6.07) is 0.260. The van der Waals surface area contributed by atoms with Crippen LogP contribution in [0.4, 0.5) is 4.79 Å². The molecule has 1 N–H and O–H groups in total. The molecule has 0 atom stereocenters. The number of carbonyl (C=O) groups excluding carboxylic acids is 2. The lowest BCUT2D eigenvalue weighted by molar-refractivity contribution is -0.130. The highest BCUT2D eigenvalue weighted by Crippen LogP contribution is 2.19. The van der Waals surface area contributed by atoms with Crippen LogP contribution in [0.15, 0.2) is 0 Å². The molecule has 17 heavy (non-hydrogen) atoms. The van der Waals surface area contributed by atoms with E-state index in [9.17, 15) is 9.59 Å². The lowest BCUT2D eigenvalue weighted by Gasteiger charge is -2.35. The maximum absolute atomic E-state index is 11.3. The molecule has 98 valence electrons. The fourth-order valence-electron chi connectivity index (χ4n) is 2.23. The van der Waals surface area contributed by atoms with E-state index in [2.05, 4.69) is 0 Å². The molecular weight excluding hydrogens is 224 g/mol. The summed E-state index contributed by atoms with van der Waals surface area (Å²) in [5.41, 5.74) is 0. The number of likely N-dealkylation sites (tertiary alicyclic amines) is 1. The number of piperidine rings is 1. The lowest BCUT2D eigenvalue weighted by Crippen LogP contribution is -2.46. The SMILES string of the molecule is CC(=O)N1CCC(N2CCOC2=O)CC1.CO. The van der Waals surface area contributed by atoms with Gasteiger partial charge >= 0.3 is 6.09 Å². The van der Waals surface area contributed by atoms with Crippen LogP contribution in [-0.2, 0) is 9.53 Å². The van der Waals surface area contributed by atoms with Crippen LogP contribution in [0.2, 0.25) is 0 Å². The van der Waals surface area contributed by atoms with Crippen LogP contribution in [0, 0.1) is 0 Å². The molecule has 2 amide bonds. The first-order chi connectivity index (χ1) is 8.18. The zero-order valence-electron chi connectivity index (χ0n) is 10.4. The second-order valence-electron chi connectivity index (χ2n) is 4.05. The molecule has 6 heteroatoms. The second kappa shape index (κ2) is 6.44. The normalized spacial score (nSPS) is 20.8. The van der Waals surface area contributed by atoms with Crippen molar-refractivity contribution in [1.82, 2.24) is 9.80 Å². The Labute approximate surface area is 101 Å². The first kappa shape index (κ1) is 13.8. The molecule has 0 aliphatic carbocycles. The summed E-state index contributed by atoms with van der Waals surface area (Å²) in [5.74, 6) is 0.123. The van der Waals surface area contributed by atoms with Crippen molar-refractivity contribution in [1.29, 1.82) is 0 Å². The van der Waals surface area contributed by atoms with Gasteiger partial charge in [0.05, 0.1) is 6.54 Å². The molecule has 0 aromatic rings. The number of nitrogens with zero attached hydrogens (tertiary/aromatic N) is 2. The van der Waals surface area contributed by atoms with Crippen molar-refractivity contribution in [3.63, 3.8) is 0 Å². The van der Waals surface area contributed by atoms with Crippen LogP contribution in [-0.4, -0.2) is 66.3 Å². The van der Waals surface area contributed by atoms with Crippen LogP contribution in [0.5, 0.6) is 0 Å². The Balaban J connectivity index is 0.000000686. The van der Waals surface area contributed by atoms with Gasteiger partial charge in [-0.05, 0) is 12.8 Å². The van der Waals surface area contributed by atoms with Crippen molar-refractivity contribution in [3.8, 4) is 0 Å². The van der Waals surface area contributed by atoms with E-state index >= 15 is 0 Å². The zero-order chi connectivity index (χ0) is 12.8. The molecule has 0 radical (unpaired) electrons. The average Bonchev–Trinajstić information content (AvgIpc) is 2.78.